The summed E-state index contributed by atoms with van der Waals surface area (Å²) < 4.78 is 20.8. The van der Waals surface area contributed by atoms with Crippen LogP contribution in [-0.4, -0.2) is 34.3 Å². The number of anilines is 1. The summed E-state index contributed by atoms with van der Waals surface area (Å²) in [6.07, 6.45) is 8.23. The maximum Gasteiger partial charge on any atom is 0.335 e. The third-order valence-electron chi connectivity index (χ3n) is 7.42. The normalized spacial score (nSPS) is 17.5. The molecule has 38 heavy (non-hydrogen) atoms. The molecule has 1 aliphatic carbocycles. The van der Waals surface area contributed by atoms with E-state index in [4.69, 9.17) is 27.7 Å². The van der Waals surface area contributed by atoms with Crippen LogP contribution < -0.4 is 4.90 Å². The highest BCUT2D eigenvalue weighted by atomic mass is 35.5. The van der Waals surface area contributed by atoms with Gasteiger partial charge in [-0.15, -0.1) is 0 Å². The maximum atomic E-state index is 14.5. The molecular formula is C28H24Cl2FN3O3S. The van der Waals surface area contributed by atoms with Crippen LogP contribution >= 0.6 is 34.5 Å². The number of halogens is 3. The summed E-state index contributed by atoms with van der Waals surface area (Å²) in [5.41, 5.74) is 2.35. The zero-order chi connectivity index (χ0) is 26.6. The molecule has 3 heterocycles. The number of carboxylic acid groups (broad SMARTS) is 1. The largest absolute Gasteiger partial charge is 0.478 e. The molecule has 6 rings (SSSR count). The first-order chi connectivity index (χ1) is 18.2. The number of rotatable bonds is 6. The Bertz CT molecular complexity index is 1570. The molecule has 2 fully saturated rings. The molecule has 1 saturated heterocycles. The number of fused-ring (bicyclic) bond motifs is 1. The summed E-state index contributed by atoms with van der Waals surface area (Å²) in [7, 11) is 0. The van der Waals surface area contributed by atoms with E-state index in [0.717, 1.165) is 56.2 Å². The third kappa shape index (κ3) is 4.70. The Kier molecular flexibility index (Phi) is 6.45. The molecule has 4 aromatic rings. The van der Waals surface area contributed by atoms with Gasteiger partial charge in [0.2, 0.25) is 0 Å². The molecule has 2 aliphatic rings. The third-order valence-corrected chi connectivity index (χ3v) is 9.11. The highest BCUT2D eigenvalue weighted by Crippen LogP contribution is 2.47. The minimum Gasteiger partial charge on any atom is -0.478 e. The second kappa shape index (κ2) is 9.67. The molecule has 0 atom stereocenters. The number of aromatic nitrogens is 2. The van der Waals surface area contributed by atoms with Crippen LogP contribution in [0.25, 0.3) is 27.6 Å². The van der Waals surface area contributed by atoms with Crippen LogP contribution in [0.1, 0.15) is 60.2 Å². The van der Waals surface area contributed by atoms with E-state index < -0.39 is 11.8 Å². The van der Waals surface area contributed by atoms with Crippen molar-refractivity contribution in [1.29, 1.82) is 0 Å². The number of carboxylic acids is 1. The monoisotopic (exact) mass is 571 g/mol. The van der Waals surface area contributed by atoms with Crippen molar-refractivity contribution in [2.75, 3.05) is 18.0 Å². The van der Waals surface area contributed by atoms with Crippen molar-refractivity contribution >= 4 is 61.9 Å². The van der Waals surface area contributed by atoms with Gasteiger partial charge in [-0.2, -0.15) is 0 Å². The molecule has 0 bridgehead atoms. The van der Waals surface area contributed by atoms with Gasteiger partial charge < -0.3 is 14.5 Å². The van der Waals surface area contributed by atoms with E-state index in [1.54, 1.807) is 12.1 Å². The molecule has 1 saturated carbocycles. The van der Waals surface area contributed by atoms with Crippen LogP contribution in [0.4, 0.5) is 9.52 Å². The molecule has 6 nitrogen and oxygen atoms in total. The number of hydrogen-bond acceptors (Lipinski definition) is 6. The maximum absolute atomic E-state index is 14.5. The summed E-state index contributed by atoms with van der Waals surface area (Å²) in [6, 6.07) is 7.92. The summed E-state index contributed by atoms with van der Waals surface area (Å²) >= 11 is 14.3. The van der Waals surface area contributed by atoms with Crippen LogP contribution in [0.15, 0.2) is 40.9 Å². The fraction of sp³-hybridized carbons (Fsp3) is 0.321. The minimum atomic E-state index is -1.15. The second-order valence-electron chi connectivity index (χ2n) is 10.3. The number of nitrogens with zero attached hydrogens (tertiary/aromatic N) is 3. The number of hydrogen-bond donors (Lipinski definition) is 1. The topological polar surface area (TPSA) is 79.5 Å². The molecule has 10 heteroatoms. The molecule has 0 amide bonds. The summed E-state index contributed by atoms with van der Waals surface area (Å²) in [5.74, 6) is -0.515. The van der Waals surface area contributed by atoms with Crippen molar-refractivity contribution in [3.8, 4) is 11.3 Å². The first-order valence-corrected chi connectivity index (χ1v) is 14.0. The van der Waals surface area contributed by atoms with Crippen molar-refractivity contribution in [1.82, 2.24) is 10.1 Å². The van der Waals surface area contributed by atoms with Crippen LogP contribution in [0.3, 0.4) is 0 Å². The van der Waals surface area contributed by atoms with Crippen molar-refractivity contribution in [2.45, 2.75) is 38.5 Å². The van der Waals surface area contributed by atoms with Crippen molar-refractivity contribution < 1.29 is 18.8 Å². The molecule has 0 spiro atoms. The lowest BCUT2D eigenvalue weighted by Crippen LogP contribution is -2.37. The van der Waals surface area contributed by atoms with Gasteiger partial charge in [0.05, 0.1) is 20.3 Å². The van der Waals surface area contributed by atoms with Crippen LogP contribution in [-0.2, 0) is 0 Å². The zero-order valence-corrected chi connectivity index (χ0v) is 22.8. The first kappa shape index (κ1) is 25.3. The lowest BCUT2D eigenvalue weighted by atomic mass is 9.79. The Hall–Kier alpha value is -2.94. The average molecular weight is 572 g/mol. The SMILES string of the molecule is CC1(/C=C/c2c(-c3c(Cl)cccc3Cl)noc2C2CC2)CCN(c2nc3c(F)cc(C(=O)O)cc3s2)CC1. The van der Waals surface area contributed by atoms with E-state index in [-0.39, 0.29) is 16.5 Å². The van der Waals surface area contributed by atoms with E-state index >= 15 is 0 Å². The number of piperidine rings is 1. The van der Waals surface area contributed by atoms with Crippen molar-refractivity contribution in [3.63, 3.8) is 0 Å². The van der Waals surface area contributed by atoms with Crippen molar-refractivity contribution in [2.24, 2.45) is 5.41 Å². The molecule has 0 unspecified atom stereocenters. The van der Waals surface area contributed by atoms with Crippen molar-refractivity contribution in [3.05, 3.63) is 69.2 Å². The van der Waals surface area contributed by atoms with E-state index in [1.165, 1.54) is 17.4 Å². The van der Waals surface area contributed by atoms with E-state index in [2.05, 4.69) is 34.1 Å². The molecule has 0 radical (unpaired) electrons. The first-order valence-electron chi connectivity index (χ1n) is 12.4. The van der Waals surface area contributed by atoms with Gasteiger partial charge in [-0.25, -0.2) is 14.2 Å². The zero-order valence-electron chi connectivity index (χ0n) is 20.5. The minimum absolute atomic E-state index is 0.0710. The standard InChI is InChI=1S/C28H24Cl2FN3O3S/c1-28(8-7-17-23(33-37-25(17)15-5-6-15)22-18(29)3-2-4-19(22)30)9-11-34(12-10-28)27-32-24-20(31)13-16(26(35)36)14-21(24)38-27/h2-4,7-8,13-15H,5-6,9-12H2,1H3,(H,35,36)/b8-7+. The van der Waals surface area contributed by atoms with Gasteiger partial charge in [-0.3, -0.25) is 0 Å². The van der Waals surface area contributed by atoms with Gasteiger partial charge in [0, 0.05) is 30.1 Å². The average Bonchev–Trinajstić information content (AvgIpc) is 3.49. The predicted octanol–water partition coefficient (Wildman–Crippen LogP) is 8.29. The van der Waals surface area contributed by atoms with E-state index in [1.807, 2.05) is 6.07 Å². The highest BCUT2D eigenvalue weighted by molar-refractivity contribution is 7.22. The summed E-state index contributed by atoms with van der Waals surface area (Å²) in [5, 5.41) is 15.4. The Labute approximate surface area is 232 Å². The Morgan fingerprint density at radius 2 is 1.95 bits per heavy atom. The lowest BCUT2D eigenvalue weighted by Gasteiger charge is -2.37. The van der Waals surface area contributed by atoms with Crippen LogP contribution in [0.2, 0.25) is 10.0 Å². The van der Waals surface area contributed by atoms with Gasteiger partial charge in [-0.05, 0) is 55.4 Å². The smallest absolute Gasteiger partial charge is 0.335 e. The Balaban J connectivity index is 1.24. The number of allylic oxidation sites excluding steroid dienone is 1. The molecule has 196 valence electrons. The summed E-state index contributed by atoms with van der Waals surface area (Å²) in [6.45, 7) is 3.72. The number of carbonyl (C=O) groups is 1. The van der Waals surface area contributed by atoms with Gasteiger partial charge in [0.15, 0.2) is 10.9 Å². The van der Waals surface area contributed by atoms with Crippen LogP contribution in [0, 0.1) is 11.2 Å². The highest BCUT2D eigenvalue weighted by Gasteiger charge is 2.34. The molecular weight excluding hydrogens is 548 g/mol. The molecule has 2 aromatic heterocycles. The van der Waals surface area contributed by atoms with E-state index in [9.17, 15) is 14.3 Å². The molecule has 1 aliphatic heterocycles. The number of benzene rings is 2. The van der Waals surface area contributed by atoms with Gasteiger partial charge in [-0.1, -0.05) is 64.8 Å². The molecule has 1 N–H and O–H groups in total. The summed E-state index contributed by atoms with van der Waals surface area (Å²) in [4.78, 5) is 17.9. The number of thiazole rings is 1. The van der Waals surface area contributed by atoms with Gasteiger partial charge >= 0.3 is 5.97 Å². The van der Waals surface area contributed by atoms with Gasteiger partial charge in [0.1, 0.15) is 17.0 Å². The quantitative estimate of drug-likeness (QED) is 0.250. The number of aromatic carboxylic acids is 1. The molecule has 2 aromatic carbocycles. The van der Waals surface area contributed by atoms with Gasteiger partial charge in [0.25, 0.3) is 0 Å². The Morgan fingerprint density at radius 1 is 1.24 bits per heavy atom. The fourth-order valence-corrected chi connectivity index (χ4v) is 6.56. The fourth-order valence-electron chi connectivity index (χ4n) is 4.91. The lowest BCUT2D eigenvalue weighted by molar-refractivity contribution is 0.0696. The predicted molar refractivity (Wildman–Crippen MR) is 149 cm³/mol. The Morgan fingerprint density at radius 3 is 2.61 bits per heavy atom. The second-order valence-corrected chi connectivity index (χ2v) is 12.1. The van der Waals surface area contributed by atoms with Crippen LogP contribution in [0.5, 0.6) is 0 Å². The van der Waals surface area contributed by atoms with E-state index in [0.29, 0.717) is 37.1 Å².